The van der Waals surface area contributed by atoms with Crippen LogP contribution in [0.25, 0.3) is 22.5 Å². The molecule has 0 saturated heterocycles. The number of hydrogen-bond donors (Lipinski definition) is 2. The summed E-state index contributed by atoms with van der Waals surface area (Å²) in [7, 11) is 1.51. The van der Waals surface area contributed by atoms with Crippen LogP contribution in [0, 0.1) is 6.92 Å². The number of hydrogen-bond acceptors (Lipinski definition) is 6. The highest BCUT2D eigenvalue weighted by atomic mass is 16.5. The Morgan fingerprint density at radius 1 is 1.03 bits per heavy atom. The maximum Gasteiger partial charge on any atom is 0.261 e. The van der Waals surface area contributed by atoms with Crippen molar-refractivity contribution in [2.75, 3.05) is 12.4 Å². The van der Waals surface area contributed by atoms with Crippen molar-refractivity contribution in [3.8, 4) is 28.4 Å². The van der Waals surface area contributed by atoms with E-state index in [9.17, 15) is 4.79 Å². The molecule has 2 aromatic heterocycles. The Bertz CT molecular complexity index is 1200. The molecular weight excluding hydrogens is 392 g/mol. The number of nitrogens with zero attached hydrogens (tertiary/aromatic N) is 2. The summed E-state index contributed by atoms with van der Waals surface area (Å²) in [5.41, 5.74) is 10.5. The first-order valence-corrected chi connectivity index (χ1v) is 9.78. The Kier molecular flexibility index (Phi) is 5.77. The number of carbonyl (C=O) groups excluding carboxylic acids is 1. The Morgan fingerprint density at radius 3 is 2.45 bits per heavy atom. The molecule has 0 bridgehead atoms. The van der Waals surface area contributed by atoms with E-state index in [0.717, 1.165) is 22.4 Å². The van der Waals surface area contributed by atoms with Crippen LogP contribution < -0.4 is 15.8 Å². The van der Waals surface area contributed by atoms with E-state index in [1.807, 2.05) is 60.7 Å². The number of pyridine rings is 1. The Hall–Kier alpha value is -3.97. The zero-order valence-electron chi connectivity index (χ0n) is 17.3. The summed E-state index contributed by atoms with van der Waals surface area (Å²) >= 11 is 0. The first-order valence-electron chi connectivity index (χ1n) is 9.78. The Balaban J connectivity index is 1.63. The molecule has 0 radical (unpaired) electrons. The number of ether oxygens (including phenoxy) is 1. The number of carbonyl (C=O) groups is 1. The fourth-order valence-electron chi connectivity index (χ4n) is 3.28. The molecule has 4 rings (SSSR count). The van der Waals surface area contributed by atoms with Crippen LogP contribution in [-0.4, -0.2) is 23.2 Å². The van der Waals surface area contributed by atoms with Gasteiger partial charge >= 0.3 is 0 Å². The van der Waals surface area contributed by atoms with Gasteiger partial charge in [-0.25, -0.2) is 4.98 Å². The lowest BCUT2D eigenvalue weighted by molar-refractivity contribution is 0.102. The standard InChI is InChI=1S/C24H22N4O3/c1-15-21(22(28-31-15)18-6-4-3-5-7-18)23(29)26-20-13-12-19(27-24(20)30-2)17-10-8-16(14-25)9-11-17/h3-13H,14,25H2,1-2H3,(H,26,29). The molecule has 2 aromatic carbocycles. The number of benzene rings is 2. The van der Waals surface area contributed by atoms with Crippen molar-refractivity contribution in [1.29, 1.82) is 0 Å². The van der Waals surface area contributed by atoms with Crippen molar-refractivity contribution >= 4 is 11.6 Å². The lowest BCUT2D eigenvalue weighted by Gasteiger charge is -2.11. The Labute approximate surface area is 179 Å². The highest BCUT2D eigenvalue weighted by molar-refractivity contribution is 6.09. The monoisotopic (exact) mass is 414 g/mol. The zero-order valence-corrected chi connectivity index (χ0v) is 17.3. The van der Waals surface area contributed by atoms with Crippen LogP contribution in [-0.2, 0) is 6.54 Å². The number of rotatable bonds is 6. The van der Waals surface area contributed by atoms with Crippen LogP contribution in [0.2, 0.25) is 0 Å². The molecule has 0 aliphatic heterocycles. The van der Waals surface area contributed by atoms with Gasteiger partial charge in [0.1, 0.15) is 22.7 Å². The van der Waals surface area contributed by atoms with Crippen LogP contribution in [0.15, 0.2) is 71.3 Å². The van der Waals surface area contributed by atoms with Gasteiger partial charge < -0.3 is 20.3 Å². The average molecular weight is 414 g/mol. The normalized spacial score (nSPS) is 10.7. The van der Waals surface area contributed by atoms with E-state index in [2.05, 4.69) is 15.5 Å². The van der Waals surface area contributed by atoms with Crippen molar-refractivity contribution in [2.45, 2.75) is 13.5 Å². The van der Waals surface area contributed by atoms with E-state index in [1.165, 1.54) is 7.11 Å². The molecule has 1 amide bonds. The molecular formula is C24H22N4O3. The maximum absolute atomic E-state index is 13.1. The van der Waals surface area contributed by atoms with E-state index < -0.39 is 0 Å². The number of aryl methyl sites for hydroxylation is 1. The number of methoxy groups -OCH3 is 1. The number of nitrogens with one attached hydrogen (secondary N) is 1. The molecule has 0 spiro atoms. The summed E-state index contributed by atoms with van der Waals surface area (Å²) < 4.78 is 10.7. The van der Waals surface area contributed by atoms with Crippen LogP contribution >= 0.6 is 0 Å². The quantitative estimate of drug-likeness (QED) is 0.484. The van der Waals surface area contributed by atoms with Gasteiger partial charge in [0.25, 0.3) is 5.91 Å². The predicted molar refractivity (Wildman–Crippen MR) is 119 cm³/mol. The van der Waals surface area contributed by atoms with Gasteiger partial charge in [-0.3, -0.25) is 4.79 Å². The molecule has 0 unspecified atom stereocenters. The van der Waals surface area contributed by atoms with E-state index in [-0.39, 0.29) is 5.91 Å². The summed E-state index contributed by atoms with van der Waals surface area (Å²) in [5.74, 6) is 0.391. The SMILES string of the molecule is COc1nc(-c2ccc(CN)cc2)ccc1NC(=O)c1c(-c2ccccc2)noc1C. The smallest absolute Gasteiger partial charge is 0.261 e. The average Bonchev–Trinajstić information content (AvgIpc) is 3.21. The maximum atomic E-state index is 13.1. The van der Waals surface area contributed by atoms with E-state index in [1.54, 1.807) is 13.0 Å². The van der Waals surface area contributed by atoms with E-state index in [0.29, 0.717) is 35.1 Å². The van der Waals surface area contributed by atoms with E-state index >= 15 is 0 Å². The molecule has 3 N–H and O–H groups in total. The summed E-state index contributed by atoms with van der Waals surface area (Å²) in [6.07, 6.45) is 0. The second-order valence-corrected chi connectivity index (χ2v) is 6.94. The predicted octanol–water partition coefficient (Wildman–Crippen LogP) is 4.43. The molecule has 7 heteroatoms. The molecule has 4 aromatic rings. The first kappa shape index (κ1) is 20.3. The molecule has 0 aliphatic carbocycles. The van der Waals surface area contributed by atoms with Crippen LogP contribution in [0.4, 0.5) is 5.69 Å². The van der Waals surface area contributed by atoms with Crippen LogP contribution in [0.3, 0.4) is 0 Å². The summed E-state index contributed by atoms with van der Waals surface area (Å²) in [5, 5.41) is 6.94. The van der Waals surface area contributed by atoms with E-state index in [4.69, 9.17) is 15.0 Å². The van der Waals surface area contributed by atoms with Crippen molar-refractivity contribution in [1.82, 2.24) is 10.1 Å². The van der Waals surface area contributed by atoms with Gasteiger partial charge in [-0.05, 0) is 24.6 Å². The van der Waals surface area contributed by atoms with Gasteiger partial charge in [-0.1, -0.05) is 59.8 Å². The third-order valence-electron chi connectivity index (χ3n) is 4.92. The van der Waals surface area contributed by atoms with Gasteiger partial charge in [0, 0.05) is 17.7 Å². The first-order chi connectivity index (χ1) is 15.1. The second kappa shape index (κ2) is 8.81. The fourth-order valence-corrected chi connectivity index (χ4v) is 3.28. The number of amides is 1. The molecule has 0 aliphatic rings. The molecule has 7 nitrogen and oxygen atoms in total. The van der Waals surface area contributed by atoms with Gasteiger partial charge in [0.15, 0.2) is 0 Å². The zero-order chi connectivity index (χ0) is 21.8. The van der Waals surface area contributed by atoms with Gasteiger partial charge in [-0.2, -0.15) is 0 Å². The summed E-state index contributed by atoms with van der Waals surface area (Å²) in [4.78, 5) is 17.6. The number of nitrogens with two attached hydrogens (primary N) is 1. The van der Waals surface area contributed by atoms with Gasteiger partial charge in [0.05, 0.1) is 12.8 Å². The highest BCUT2D eigenvalue weighted by Gasteiger charge is 2.23. The minimum atomic E-state index is -0.349. The third-order valence-corrected chi connectivity index (χ3v) is 4.92. The topological polar surface area (TPSA) is 103 Å². The summed E-state index contributed by atoms with van der Waals surface area (Å²) in [6.45, 7) is 2.19. The van der Waals surface area contributed by atoms with Crippen molar-refractivity contribution in [3.63, 3.8) is 0 Å². The van der Waals surface area contributed by atoms with Crippen LogP contribution in [0.1, 0.15) is 21.7 Å². The molecule has 31 heavy (non-hydrogen) atoms. The third kappa shape index (κ3) is 4.17. The molecule has 0 atom stereocenters. The minimum Gasteiger partial charge on any atom is -0.479 e. The molecule has 0 fully saturated rings. The molecule has 156 valence electrons. The van der Waals surface area contributed by atoms with Gasteiger partial charge in [-0.15, -0.1) is 0 Å². The Morgan fingerprint density at radius 2 is 1.77 bits per heavy atom. The molecule has 0 saturated carbocycles. The minimum absolute atomic E-state index is 0.309. The van der Waals surface area contributed by atoms with Crippen molar-refractivity contribution in [2.24, 2.45) is 5.73 Å². The number of anilines is 1. The highest BCUT2D eigenvalue weighted by Crippen LogP contribution is 2.30. The van der Waals surface area contributed by atoms with Crippen molar-refractivity contribution < 1.29 is 14.1 Å². The number of aromatic nitrogens is 2. The fraction of sp³-hybridized carbons (Fsp3) is 0.125. The van der Waals surface area contributed by atoms with Crippen molar-refractivity contribution in [3.05, 3.63) is 83.6 Å². The largest absolute Gasteiger partial charge is 0.479 e. The summed E-state index contributed by atoms with van der Waals surface area (Å²) in [6, 6.07) is 20.8. The second-order valence-electron chi connectivity index (χ2n) is 6.94. The van der Waals surface area contributed by atoms with Gasteiger partial charge in [0.2, 0.25) is 5.88 Å². The lowest BCUT2D eigenvalue weighted by Crippen LogP contribution is -2.14. The molecule has 2 heterocycles. The lowest BCUT2D eigenvalue weighted by atomic mass is 10.1. The van der Waals surface area contributed by atoms with Crippen LogP contribution in [0.5, 0.6) is 5.88 Å².